The lowest BCUT2D eigenvalue weighted by atomic mass is 10.1. The van der Waals surface area contributed by atoms with Crippen LogP contribution < -0.4 is 10.2 Å². The van der Waals surface area contributed by atoms with Crippen LogP contribution in [-0.4, -0.2) is 17.9 Å². The summed E-state index contributed by atoms with van der Waals surface area (Å²) in [5, 5.41) is 6.44. The van der Waals surface area contributed by atoms with Gasteiger partial charge in [-0.25, -0.2) is 5.43 Å². The number of fused-ring (bicyclic) bond motifs is 1. The smallest absolute Gasteiger partial charge is 0.250 e. The van der Waals surface area contributed by atoms with E-state index < -0.39 is 0 Å². The Labute approximate surface area is 186 Å². The van der Waals surface area contributed by atoms with Gasteiger partial charge in [0, 0.05) is 4.90 Å². The van der Waals surface area contributed by atoms with Crippen molar-refractivity contribution >= 4 is 34.7 Å². The maximum absolute atomic E-state index is 11.9. The summed E-state index contributed by atoms with van der Waals surface area (Å²) in [6, 6.07) is 32.0. The Morgan fingerprint density at radius 3 is 2.45 bits per heavy atom. The van der Waals surface area contributed by atoms with Crippen molar-refractivity contribution in [3.63, 3.8) is 0 Å². The minimum Gasteiger partial charge on any atom is -0.489 e. The van der Waals surface area contributed by atoms with Gasteiger partial charge in [-0.3, -0.25) is 4.79 Å². The molecule has 0 bridgehead atoms. The van der Waals surface area contributed by atoms with Crippen LogP contribution >= 0.6 is 11.8 Å². The molecule has 1 amide bonds. The van der Waals surface area contributed by atoms with E-state index in [-0.39, 0.29) is 5.91 Å². The zero-order valence-corrected chi connectivity index (χ0v) is 17.7. The number of ether oxygens (including phenoxy) is 1. The van der Waals surface area contributed by atoms with Gasteiger partial charge in [-0.1, -0.05) is 60.7 Å². The van der Waals surface area contributed by atoms with Gasteiger partial charge < -0.3 is 4.74 Å². The standard InChI is InChI=1S/C26H22N2O2S/c29-26(19-31-24-10-2-1-3-11-24)28-27-17-20-13-15-23(16-14-20)30-18-22-9-6-8-21-7-4-5-12-25(21)22/h1-17H,18-19H2,(H,28,29)/b27-17+. The first-order chi connectivity index (χ1) is 15.3. The van der Waals surface area contributed by atoms with Crippen LogP contribution in [0.25, 0.3) is 10.8 Å². The van der Waals surface area contributed by atoms with Gasteiger partial charge in [-0.05, 0) is 58.3 Å². The average molecular weight is 427 g/mol. The van der Waals surface area contributed by atoms with Gasteiger partial charge >= 0.3 is 0 Å². The number of thioether (sulfide) groups is 1. The van der Waals surface area contributed by atoms with E-state index in [0.29, 0.717) is 12.4 Å². The maximum Gasteiger partial charge on any atom is 0.250 e. The third kappa shape index (κ3) is 5.96. The zero-order chi connectivity index (χ0) is 21.3. The maximum atomic E-state index is 11.9. The van der Waals surface area contributed by atoms with E-state index in [1.54, 1.807) is 6.21 Å². The topological polar surface area (TPSA) is 50.7 Å². The lowest BCUT2D eigenvalue weighted by molar-refractivity contribution is -0.118. The number of hydrogen-bond acceptors (Lipinski definition) is 4. The highest BCUT2D eigenvalue weighted by Crippen LogP contribution is 2.21. The van der Waals surface area contributed by atoms with Crippen LogP contribution in [-0.2, 0) is 11.4 Å². The van der Waals surface area contributed by atoms with Crippen molar-refractivity contribution in [2.45, 2.75) is 11.5 Å². The van der Waals surface area contributed by atoms with E-state index >= 15 is 0 Å². The zero-order valence-electron chi connectivity index (χ0n) is 16.9. The number of amides is 1. The summed E-state index contributed by atoms with van der Waals surface area (Å²) in [5.41, 5.74) is 4.59. The summed E-state index contributed by atoms with van der Waals surface area (Å²) in [4.78, 5) is 13.0. The van der Waals surface area contributed by atoms with E-state index in [4.69, 9.17) is 4.74 Å². The van der Waals surface area contributed by atoms with Crippen LogP contribution in [0.2, 0.25) is 0 Å². The molecule has 0 fully saturated rings. The molecule has 5 heteroatoms. The summed E-state index contributed by atoms with van der Waals surface area (Å²) in [7, 11) is 0. The van der Waals surface area contributed by atoms with Crippen molar-refractivity contribution in [2.24, 2.45) is 5.10 Å². The summed E-state index contributed by atoms with van der Waals surface area (Å²) >= 11 is 1.48. The first-order valence-electron chi connectivity index (χ1n) is 9.97. The van der Waals surface area contributed by atoms with Crippen LogP contribution in [0.1, 0.15) is 11.1 Å². The van der Waals surface area contributed by atoms with E-state index in [1.165, 1.54) is 22.5 Å². The second kappa shape index (κ2) is 10.5. The molecule has 0 aliphatic rings. The van der Waals surface area contributed by atoms with Gasteiger partial charge in [0.05, 0.1) is 12.0 Å². The van der Waals surface area contributed by atoms with Crippen LogP contribution in [0, 0.1) is 0 Å². The number of hydrazone groups is 1. The molecule has 1 N–H and O–H groups in total. The van der Waals surface area contributed by atoms with Crippen molar-refractivity contribution in [3.05, 3.63) is 108 Å². The van der Waals surface area contributed by atoms with Crippen molar-refractivity contribution in [3.8, 4) is 5.75 Å². The number of rotatable bonds is 8. The fourth-order valence-corrected chi connectivity index (χ4v) is 3.82. The Bertz CT molecular complexity index is 1170. The van der Waals surface area contributed by atoms with E-state index in [1.807, 2.05) is 72.8 Å². The summed E-state index contributed by atoms with van der Waals surface area (Å²) in [5.74, 6) is 0.969. The highest BCUT2D eigenvalue weighted by molar-refractivity contribution is 8.00. The highest BCUT2D eigenvalue weighted by Gasteiger charge is 2.03. The Balaban J connectivity index is 1.26. The SMILES string of the molecule is O=C(CSc1ccccc1)N/N=C/c1ccc(OCc2cccc3ccccc23)cc1. The average Bonchev–Trinajstić information content (AvgIpc) is 2.83. The van der Waals surface area contributed by atoms with Gasteiger partial charge in [-0.2, -0.15) is 5.10 Å². The first kappa shape index (κ1) is 20.7. The molecule has 4 aromatic rings. The molecular formula is C26H22N2O2S. The Hall–Kier alpha value is -3.57. The molecule has 31 heavy (non-hydrogen) atoms. The normalized spacial score (nSPS) is 11.0. The van der Waals surface area contributed by atoms with Gasteiger partial charge in [0.1, 0.15) is 12.4 Å². The summed E-state index contributed by atoms with van der Waals surface area (Å²) < 4.78 is 5.95. The Morgan fingerprint density at radius 1 is 0.871 bits per heavy atom. The molecule has 154 valence electrons. The van der Waals surface area contributed by atoms with Crippen molar-refractivity contribution in [1.82, 2.24) is 5.43 Å². The molecule has 0 heterocycles. The van der Waals surface area contributed by atoms with E-state index in [2.05, 4.69) is 34.8 Å². The minimum atomic E-state index is -0.139. The van der Waals surface area contributed by atoms with Crippen molar-refractivity contribution in [2.75, 3.05) is 5.75 Å². The molecular weight excluding hydrogens is 404 g/mol. The molecule has 0 unspecified atom stereocenters. The second-order valence-corrected chi connectivity index (χ2v) is 7.94. The van der Waals surface area contributed by atoms with Crippen molar-refractivity contribution < 1.29 is 9.53 Å². The minimum absolute atomic E-state index is 0.139. The molecule has 0 radical (unpaired) electrons. The molecule has 0 atom stereocenters. The molecule has 0 saturated carbocycles. The van der Waals surface area contributed by atoms with Crippen LogP contribution in [0.4, 0.5) is 0 Å². The lowest BCUT2D eigenvalue weighted by Crippen LogP contribution is -2.19. The fraction of sp³-hybridized carbons (Fsp3) is 0.0769. The van der Waals surface area contributed by atoms with Gasteiger partial charge in [-0.15, -0.1) is 11.8 Å². The number of carbonyl (C=O) groups excluding carboxylic acids is 1. The number of hydrogen-bond donors (Lipinski definition) is 1. The summed E-state index contributed by atoms with van der Waals surface area (Å²) in [6.07, 6.45) is 1.62. The predicted octanol–water partition coefficient (Wildman–Crippen LogP) is 5.66. The second-order valence-electron chi connectivity index (χ2n) is 6.89. The van der Waals surface area contributed by atoms with Gasteiger partial charge in [0.15, 0.2) is 0 Å². The molecule has 0 spiro atoms. The number of carbonyl (C=O) groups is 1. The summed E-state index contributed by atoms with van der Waals surface area (Å²) in [6.45, 7) is 0.504. The van der Waals surface area contributed by atoms with Crippen molar-refractivity contribution in [1.29, 1.82) is 0 Å². The Morgan fingerprint density at radius 2 is 1.61 bits per heavy atom. The van der Waals surface area contributed by atoms with E-state index in [0.717, 1.165) is 21.8 Å². The quantitative estimate of drug-likeness (QED) is 0.225. The molecule has 4 rings (SSSR count). The first-order valence-corrected chi connectivity index (χ1v) is 11.0. The monoisotopic (exact) mass is 426 g/mol. The number of nitrogens with zero attached hydrogens (tertiary/aromatic N) is 1. The largest absolute Gasteiger partial charge is 0.489 e. The number of benzene rings is 4. The van der Waals surface area contributed by atoms with Crippen LogP contribution in [0.15, 0.2) is 107 Å². The Kier molecular flexibility index (Phi) is 6.98. The lowest BCUT2D eigenvalue weighted by Gasteiger charge is -2.09. The fourth-order valence-electron chi connectivity index (χ4n) is 3.11. The molecule has 0 aliphatic carbocycles. The molecule has 0 aliphatic heterocycles. The van der Waals surface area contributed by atoms with Gasteiger partial charge in [0.25, 0.3) is 0 Å². The molecule has 4 aromatic carbocycles. The molecule has 0 aromatic heterocycles. The van der Waals surface area contributed by atoms with E-state index in [9.17, 15) is 4.79 Å². The number of nitrogens with one attached hydrogen (secondary N) is 1. The third-order valence-electron chi connectivity index (χ3n) is 4.67. The predicted molar refractivity (Wildman–Crippen MR) is 128 cm³/mol. The van der Waals surface area contributed by atoms with Gasteiger partial charge in [0.2, 0.25) is 5.91 Å². The van der Waals surface area contributed by atoms with Crippen LogP contribution in [0.5, 0.6) is 5.75 Å². The molecule has 0 saturated heterocycles. The van der Waals surface area contributed by atoms with Crippen LogP contribution in [0.3, 0.4) is 0 Å². The highest BCUT2D eigenvalue weighted by atomic mass is 32.2. The molecule has 4 nitrogen and oxygen atoms in total. The third-order valence-corrected chi connectivity index (χ3v) is 5.68.